The zero-order valence-electron chi connectivity index (χ0n) is 20.3. The number of hydrogen-bond donors (Lipinski definition) is 0. The van der Waals surface area contributed by atoms with Crippen LogP contribution in [0.2, 0.25) is 0 Å². The fourth-order valence-electron chi connectivity index (χ4n) is 4.27. The molecule has 0 bridgehead atoms. The molecule has 0 rings (SSSR count). The summed E-state index contributed by atoms with van der Waals surface area (Å²) in [5.74, 6) is 0.210. The molecule has 0 radical (unpaired) electrons. The highest BCUT2D eigenvalue weighted by Crippen LogP contribution is 2.37. The van der Waals surface area contributed by atoms with E-state index in [4.69, 9.17) is 9.47 Å². The van der Waals surface area contributed by atoms with Crippen molar-refractivity contribution in [1.82, 2.24) is 0 Å². The molecule has 0 spiro atoms. The first-order valence-corrected chi connectivity index (χ1v) is 13.0. The summed E-state index contributed by atoms with van der Waals surface area (Å²) in [6.45, 7) is 13.1. The van der Waals surface area contributed by atoms with E-state index in [9.17, 15) is 0 Å². The quantitative estimate of drug-likeness (QED) is 0.134. The molecule has 0 N–H and O–H groups in total. The average Bonchev–Trinajstić information content (AvgIpc) is 2.70. The van der Waals surface area contributed by atoms with Gasteiger partial charge < -0.3 is 9.47 Å². The fourth-order valence-corrected chi connectivity index (χ4v) is 4.27. The lowest BCUT2D eigenvalue weighted by molar-refractivity contribution is -0.275. The van der Waals surface area contributed by atoms with Crippen LogP contribution in [0.5, 0.6) is 0 Å². The van der Waals surface area contributed by atoms with Crippen molar-refractivity contribution in [3.63, 3.8) is 0 Å². The first-order valence-electron chi connectivity index (χ1n) is 13.0. The van der Waals surface area contributed by atoms with Gasteiger partial charge in [0, 0.05) is 12.3 Å². The Balaban J connectivity index is 4.95. The summed E-state index contributed by atoms with van der Waals surface area (Å²) in [4.78, 5) is 0. The lowest BCUT2D eigenvalue weighted by Gasteiger charge is -2.41. The van der Waals surface area contributed by atoms with Crippen LogP contribution in [0.4, 0.5) is 0 Å². The normalized spacial score (nSPS) is 13.2. The van der Waals surface area contributed by atoms with E-state index < -0.39 is 0 Å². The van der Waals surface area contributed by atoms with Crippen LogP contribution in [0.3, 0.4) is 0 Å². The summed E-state index contributed by atoms with van der Waals surface area (Å²) < 4.78 is 13.3. The van der Waals surface area contributed by atoms with E-state index >= 15 is 0 Å². The average molecular weight is 399 g/mol. The van der Waals surface area contributed by atoms with Gasteiger partial charge >= 0.3 is 0 Å². The van der Waals surface area contributed by atoms with Gasteiger partial charge in [-0.25, -0.2) is 0 Å². The predicted octanol–water partition coefficient (Wildman–Crippen LogP) is 9.06. The Morgan fingerprint density at radius 3 is 1.50 bits per heavy atom. The Bertz CT molecular complexity index is 291. The molecular weight excluding hydrogens is 344 g/mol. The molecule has 0 aliphatic heterocycles. The Labute approximate surface area is 178 Å². The number of unbranched alkanes of at least 4 members (excludes halogenated alkanes) is 9. The van der Waals surface area contributed by atoms with Crippen LogP contribution >= 0.6 is 0 Å². The Kier molecular flexibility index (Phi) is 20.1. The van der Waals surface area contributed by atoms with Gasteiger partial charge in [-0.3, -0.25) is 0 Å². The lowest BCUT2D eigenvalue weighted by atomic mass is 9.85. The maximum Gasteiger partial charge on any atom is 0.171 e. The second kappa shape index (κ2) is 20.2. The standard InChI is InChI=1S/C26H54O2/c1-6-11-14-15-16-17-21-25(20-9-4)26(22-10-5,27-23-18-12-7-2)28-24-19-13-8-3/h25H,6-24H2,1-5H3. The van der Waals surface area contributed by atoms with E-state index in [0.717, 1.165) is 38.9 Å². The predicted molar refractivity (Wildman–Crippen MR) is 125 cm³/mol. The molecule has 1 atom stereocenters. The zero-order chi connectivity index (χ0) is 20.9. The van der Waals surface area contributed by atoms with E-state index in [-0.39, 0.29) is 5.79 Å². The van der Waals surface area contributed by atoms with Gasteiger partial charge in [-0.1, -0.05) is 112 Å². The Morgan fingerprint density at radius 2 is 1.00 bits per heavy atom. The van der Waals surface area contributed by atoms with Crippen LogP contribution in [0.1, 0.15) is 144 Å². The first-order chi connectivity index (χ1) is 13.7. The van der Waals surface area contributed by atoms with Gasteiger partial charge in [0.05, 0.1) is 13.2 Å². The Hall–Kier alpha value is -0.0800. The minimum Gasteiger partial charge on any atom is -0.350 e. The van der Waals surface area contributed by atoms with E-state index in [0.29, 0.717) is 5.92 Å². The fraction of sp³-hybridized carbons (Fsp3) is 1.00. The van der Waals surface area contributed by atoms with Gasteiger partial charge in [-0.05, 0) is 25.7 Å². The molecule has 0 heterocycles. The van der Waals surface area contributed by atoms with E-state index in [1.165, 1.54) is 83.5 Å². The summed E-state index contributed by atoms with van der Waals surface area (Å²) in [5, 5.41) is 0. The molecule has 0 amide bonds. The summed E-state index contributed by atoms with van der Waals surface area (Å²) >= 11 is 0. The highest BCUT2D eigenvalue weighted by atomic mass is 16.7. The molecule has 0 aromatic carbocycles. The zero-order valence-corrected chi connectivity index (χ0v) is 20.3. The number of rotatable bonds is 22. The molecule has 2 nitrogen and oxygen atoms in total. The highest BCUT2D eigenvalue weighted by Gasteiger charge is 2.39. The van der Waals surface area contributed by atoms with Gasteiger partial charge in [0.25, 0.3) is 0 Å². The monoisotopic (exact) mass is 398 g/mol. The van der Waals surface area contributed by atoms with Crippen molar-refractivity contribution in [2.75, 3.05) is 13.2 Å². The third-order valence-corrected chi connectivity index (χ3v) is 5.95. The molecular formula is C26H54O2. The van der Waals surface area contributed by atoms with Crippen molar-refractivity contribution >= 4 is 0 Å². The molecule has 170 valence electrons. The smallest absolute Gasteiger partial charge is 0.171 e. The van der Waals surface area contributed by atoms with Crippen molar-refractivity contribution in [2.45, 2.75) is 150 Å². The van der Waals surface area contributed by atoms with Crippen LogP contribution < -0.4 is 0 Å². The minimum absolute atomic E-state index is 0.338. The van der Waals surface area contributed by atoms with E-state index in [2.05, 4.69) is 34.6 Å². The van der Waals surface area contributed by atoms with Gasteiger partial charge in [0.2, 0.25) is 0 Å². The molecule has 1 unspecified atom stereocenters. The van der Waals surface area contributed by atoms with Crippen LogP contribution in [0.25, 0.3) is 0 Å². The van der Waals surface area contributed by atoms with E-state index in [1.807, 2.05) is 0 Å². The lowest BCUT2D eigenvalue weighted by Crippen LogP contribution is -2.44. The van der Waals surface area contributed by atoms with Gasteiger partial charge in [0.1, 0.15) is 0 Å². The summed E-state index contributed by atoms with van der Waals surface area (Å²) in [5.41, 5.74) is 0. The molecule has 0 aliphatic carbocycles. The molecule has 0 aromatic rings. The van der Waals surface area contributed by atoms with E-state index in [1.54, 1.807) is 0 Å². The molecule has 2 heteroatoms. The highest BCUT2D eigenvalue weighted by molar-refractivity contribution is 4.80. The number of ether oxygens (including phenoxy) is 2. The van der Waals surface area contributed by atoms with Crippen LogP contribution in [0.15, 0.2) is 0 Å². The minimum atomic E-state index is -0.338. The van der Waals surface area contributed by atoms with Gasteiger partial charge in [-0.2, -0.15) is 0 Å². The Morgan fingerprint density at radius 1 is 0.500 bits per heavy atom. The first kappa shape index (κ1) is 27.9. The second-order valence-corrected chi connectivity index (χ2v) is 8.72. The summed E-state index contributed by atoms with van der Waals surface area (Å²) in [6, 6.07) is 0. The summed E-state index contributed by atoms with van der Waals surface area (Å²) in [7, 11) is 0. The van der Waals surface area contributed by atoms with Crippen molar-refractivity contribution < 1.29 is 9.47 Å². The summed E-state index contributed by atoms with van der Waals surface area (Å²) in [6.07, 6.45) is 21.4. The van der Waals surface area contributed by atoms with Crippen molar-refractivity contribution in [3.8, 4) is 0 Å². The van der Waals surface area contributed by atoms with Crippen molar-refractivity contribution in [3.05, 3.63) is 0 Å². The number of hydrogen-bond acceptors (Lipinski definition) is 2. The van der Waals surface area contributed by atoms with Gasteiger partial charge in [0.15, 0.2) is 5.79 Å². The largest absolute Gasteiger partial charge is 0.350 e. The van der Waals surface area contributed by atoms with Crippen molar-refractivity contribution in [1.29, 1.82) is 0 Å². The topological polar surface area (TPSA) is 18.5 Å². The maximum atomic E-state index is 6.64. The second-order valence-electron chi connectivity index (χ2n) is 8.72. The maximum absolute atomic E-state index is 6.64. The molecule has 0 aliphatic rings. The van der Waals surface area contributed by atoms with Crippen LogP contribution in [0, 0.1) is 5.92 Å². The van der Waals surface area contributed by atoms with Crippen LogP contribution in [-0.2, 0) is 9.47 Å². The van der Waals surface area contributed by atoms with Crippen LogP contribution in [-0.4, -0.2) is 19.0 Å². The molecule has 0 fully saturated rings. The SMILES string of the molecule is CCCCCCCCC(CCC)C(CCC)(OCCCCC)OCCCCC. The van der Waals surface area contributed by atoms with Crippen molar-refractivity contribution in [2.24, 2.45) is 5.92 Å². The molecule has 0 aromatic heterocycles. The van der Waals surface area contributed by atoms with Gasteiger partial charge in [-0.15, -0.1) is 0 Å². The third-order valence-electron chi connectivity index (χ3n) is 5.95. The molecule has 0 saturated carbocycles. The molecule has 28 heavy (non-hydrogen) atoms. The molecule has 0 saturated heterocycles. The third kappa shape index (κ3) is 13.2.